The van der Waals surface area contributed by atoms with Crippen molar-refractivity contribution in [3.05, 3.63) is 41.1 Å². The molecule has 20 heavy (non-hydrogen) atoms. The first kappa shape index (κ1) is 15.6. The van der Waals surface area contributed by atoms with Crippen LogP contribution in [0, 0.1) is 18.6 Å². The Bertz CT molecular complexity index is 546. The van der Waals surface area contributed by atoms with E-state index in [-0.39, 0.29) is 0 Å². The molecule has 0 amide bonds. The first-order chi connectivity index (χ1) is 9.38. The van der Waals surface area contributed by atoms with Crippen LogP contribution < -0.4 is 5.32 Å². The van der Waals surface area contributed by atoms with Gasteiger partial charge in [0.25, 0.3) is 0 Å². The van der Waals surface area contributed by atoms with Crippen molar-refractivity contribution in [2.75, 3.05) is 19.5 Å². The second-order valence-electron chi connectivity index (χ2n) is 3.80. The summed E-state index contributed by atoms with van der Waals surface area (Å²) in [6.07, 6.45) is 0.741. The number of ether oxygens (including phenoxy) is 2. The number of aryl methyl sites for hydroxylation is 1. The summed E-state index contributed by atoms with van der Waals surface area (Å²) in [6.45, 7) is 1.52. The van der Waals surface area contributed by atoms with Gasteiger partial charge in [-0.2, -0.15) is 0 Å². The zero-order valence-electron chi connectivity index (χ0n) is 11.1. The molecule has 0 fully saturated rings. The maximum atomic E-state index is 13.7. The zero-order valence-corrected chi connectivity index (χ0v) is 11.1. The molecule has 1 N–H and O–H groups in total. The molecule has 0 aliphatic heterocycles. The number of benzene rings is 1. The molecule has 0 bridgehead atoms. The second-order valence-corrected chi connectivity index (χ2v) is 3.80. The molecule has 0 heterocycles. The van der Waals surface area contributed by atoms with E-state index in [1.54, 1.807) is 0 Å². The minimum atomic E-state index is -0.963. The Hall–Kier alpha value is -2.44. The van der Waals surface area contributed by atoms with E-state index < -0.39 is 35.0 Å². The summed E-state index contributed by atoms with van der Waals surface area (Å²) in [5.74, 6) is -3.63. The van der Waals surface area contributed by atoms with E-state index in [1.807, 2.05) is 0 Å². The Labute approximate surface area is 114 Å². The predicted molar refractivity (Wildman–Crippen MR) is 66.8 cm³/mol. The third-order valence-electron chi connectivity index (χ3n) is 2.31. The monoisotopic (exact) mass is 285 g/mol. The number of rotatable bonds is 4. The lowest BCUT2D eigenvalue weighted by Gasteiger charge is -2.11. The smallest absolute Gasteiger partial charge is 0.354 e. The van der Waals surface area contributed by atoms with Crippen molar-refractivity contribution in [2.45, 2.75) is 6.92 Å². The molecule has 0 saturated carbocycles. The van der Waals surface area contributed by atoms with Crippen molar-refractivity contribution in [1.82, 2.24) is 0 Å². The fourth-order valence-corrected chi connectivity index (χ4v) is 1.39. The van der Waals surface area contributed by atoms with Crippen LogP contribution in [0.15, 0.2) is 23.9 Å². The number of hydrogen-bond donors (Lipinski definition) is 1. The van der Waals surface area contributed by atoms with Gasteiger partial charge in [-0.1, -0.05) is 0 Å². The van der Waals surface area contributed by atoms with Crippen LogP contribution in [-0.4, -0.2) is 26.2 Å². The largest absolute Gasteiger partial charge is 0.466 e. The Balaban J connectivity index is 3.17. The van der Waals surface area contributed by atoms with Crippen LogP contribution in [0.3, 0.4) is 0 Å². The molecule has 0 unspecified atom stereocenters. The van der Waals surface area contributed by atoms with Crippen LogP contribution in [0.1, 0.15) is 5.56 Å². The number of hydrogen-bond acceptors (Lipinski definition) is 5. The van der Waals surface area contributed by atoms with E-state index >= 15 is 0 Å². The fraction of sp³-hybridized carbons (Fsp3) is 0.231. The standard InChI is InChI=1S/C13H13F2NO4/c1-7-4-8(14)12(9(15)5-7)16-10(13(18)20-3)6-11(17)19-2/h4-6,16H,1-3H3/b10-6+. The van der Waals surface area contributed by atoms with Crippen molar-refractivity contribution in [3.8, 4) is 0 Å². The fourth-order valence-electron chi connectivity index (χ4n) is 1.39. The van der Waals surface area contributed by atoms with E-state index in [9.17, 15) is 18.4 Å². The van der Waals surface area contributed by atoms with Gasteiger partial charge in [-0.25, -0.2) is 18.4 Å². The first-order valence-corrected chi connectivity index (χ1v) is 5.49. The number of methoxy groups -OCH3 is 2. The number of anilines is 1. The van der Waals surface area contributed by atoms with Gasteiger partial charge >= 0.3 is 11.9 Å². The SMILES string of the molecule is COC(=O)/C=C(/Nc1c(F)cc(C)cc1F)C(=O)OC. The van der Waals surface area contributed by atoms with Crippen molar-refractivity contribution >= 4 is 17.6 Å². The van der Waals surface area contributed by atoms with Crippen LogP contribution in [0.4, 0.5) is 14.5 Å². The molecule has 5 nitrogen and oxygen atoms in total. The molecular weight excluding hydrogens is 272 g/mol. The number of esters is 2. The summed E-state index contributed by atoms with van der Waals surface area (Å²) in [5, 5.41) is 2.19. The van der Waals surface area contributed by atoms with Gasteiger partial charge in [0.15, 0.2) is 0 Å². The molecular formula is C13H13F2NO4. The quantitative estimate of drug-likeness (QED) is 0.676. The van der Waals surface area contributed by atoms with Crippen molar-refractivity contribution in [1.29, 1.82) is 0 Å². The Morgan fingerprint density at radius 2 is 1.70 bits per heavy atom. The Morgan fingerprint density at radius 3 is 2.15 bits per heavy atom. The summed E-state index contributed by atoms with van der Waals surface area (Å²) in [7, 11) is 2.16. The number of nitrogens with one attached hydrogen (secondary N) is 1. The maximum Gasteiger partial charge on any atom is 0.354 e. The second kappa shape index (κ2) is 6.65. The Kier molecular flexibility index (Phi) is 5.19. The molecule has 0 atom stereocenters. The predicted octanol–water partition coefficient (Wildman–Crippen LogP) is 1.92. The van der Waals surface area contributed by atoms with Crippen LogP contribution in [0.5, 0.6) is 0 Å². The van der Waals surface area contributed by atoms with Gasteiger partial charge < -0.3 is 14.8 Å². The van der Waals surface area contributed by atoms with Gasteiger partial charge in [0.05, 0.1) is 20.3 Å². The molecule has 1 aromatic carbocycles. The molecule has 0 aliphatic rings. The summed E-state index contributed by atoms with van der Waals surface area (Å²) in [5.41, 5.74) is -0.626. The lowest BCUT2D eigenvalue weighted by molar-refractivity contribution is -0.138. The average Bonchev–Trinajstić information content (AvgIpc) is 2.40. The van der Waals surface area contributed by atoms with E-state index in [4.69, 9.17) is 0 Å². The van der Waals surface area contributed by atoms with Gasteiger partial charge in [-0.3, -0.25) is 0 Å². The van der Waals surface area contributed by atoms with Gasteiger partial charge in [0.1, 0.15) is 23.0 Å². The van der Waals surface area contributed by atoms with Crippen LogP contribution in [0.25, 0.3) is 0 Å². The van der Waals surface area contributed by atoms with Crippen molar-refractivity contribution < 1.29 is 27.8 Å². The highest BCUT2D eigenvalue weighted by Gasteiger charge is 2.17. The van der Waals surface area contributed by atoms with Crippen LogP contribution >= 0.6 is 0 Å². The molecule has 0 aliphatic carbocycles. The van der Waals surface area contributed by atoms with Crippen molar-refractivity contribution in [2.24, 2.45) is 0 Å². The molecule has 7 heteroatoms. The Morgan fingerprint density at radius 1 is 1.15 bits per heavy atom. The molecule has 108 valence electrons. The van der Waals surface area contributed by atoms with Gasteiger partial charge in [-0.05, 0) is 24.6 Å². The summed E-state index contributed by atoms with van der Waals surface area (Å²) < 4.78 is 36.1. The molecule has 1 aromatic rings. The normalized spacial score (nSPS) is 10.9. The number of halogens is 2. The summed E-state index contributed by atoms with van der Waals surface area (Å²) >= 11 is 0. The summed E-state index contributed by atoms with van der Waals surface area (Å²) in [4.78, 5) is 22.6. The number of carbonyl (C=O) groups excluding carboxylic acids is 2. The molecule has 0 saturated heterocycles. The molecule has 0 aromatic heterocycles. The molecule has 0 spiro atoms. The minimum Gasteiger partial charge on any atom is -0.466 e. The van der Waals surface area contributed by atoms with E-state index in [0.29, 0.717) is 5.56 Å². The average molecular weight is 285 g/mol. The third-order valence-corrected chi connectivity index (χ3v) is 2.31. The first-order valence-electron chi connectivity index (χ1n) is 5.49. The van der Waals surface area contributed by atoms with Crippen LogP contribution in [-0.2, 0) is 19.1 Å². The van der Waals surface area contributed by atoms with Crippen LogP contribution in [0.2, 0.25) is 0 Å². The van der Waals surface area contributed by atoms with Gasteiger partial charge in [0.2, 0.25) is 0 Å². The van der Waals surface area contributed by atoms with E-state index in [1.165, 1.54) is 6.92 Å². The number of carbonyl (C=O) groups is 2. The molecule has 1 rings (SSSR count). The van der Waals surface area contributed by atoms with Crippen molar-refractivity contribution in [3.63, 3.8) is 0 Å². The third kappa shape index (κ3) is 3.78. The van der Waals surface area contributed by atoms with Gasteiger partial charge in [0, 0.05) is 0 Å². The minimum absolute atomic E-state index is 0.377. The molecule has 0 radical (unpaired) electrons. The van der Waals surface area contributed by atoms with E-state index in [0.717, 1.165) is 32.4 Å². The lowest BCUT2D eigenvalue weighted by Crippen LogP contribution is -2.17. The maximum absolute atomic E-state index is 13.7. The highest BCUT2D eigenvalue weighted by Crippen LogP contribution is 2.22. The van der Waals surface area contributed by atoms with E-state index in [2.05, 4.69) is 14.8 Å². The van der Waals surface area contributed by atoms with Gasteiger partial charge in [-0.15, -0.1) is 0 Å². The lowest BCUT2D eigenvalue weighted by atomic mass is 10.2. The highest BCUT2D eigenvalue weighted by atomic mass is 19.1. The zero-order chi connectivity index (χ0) is 15.3. The highest BCUT2D eigenvalue weighted by molar-refractivity contribution is 5.98. The summed E-state index contributed by atoms with van der Waals surface area (Å²) in [6, 6.07) is 2.16. The topological polar surface area (TPSA) is 64.6 Å².